The number of methoxy groups -OCH3 is 2. The zero-order valence-corrected chi connectivity index (χ0v) is 19.3. The number of ether oxygens (including phenoxy) is 2. The Morgan fingerprint density at radius 2 is 1.36 bits per heavy atom. The number of hydrogen-bond donors (Lipinski definition) is 0. The van der Waals surface area contributed by atoms with Crippen LogP contribution in [0.3, 0.4) is 0 Å². The predicted molar refractivity (Wildman–Crippen MR) is 117 cm³/mol. The first-order valence-corrected chi connectivity index (χ1v) is 10.3. The zero-order chi connectivity index (χ0) is 20.9. The molecule has 11 heteroatoms. The summed E-state index contributed by atoms with van der Waals surface area (Å²) in [5, 5.41) is 0. The van der Waals surface area contributed by atoms with Crippen molar-refractivity contribution in [3.63, 3.8) is 0 Å². The first kappa shape index (κ1) is 23.6. The highest BCUT2D eigenvalue weighted by Gasteiger charge is 2.35. The van der Waals surface area contributed by atoms with Crippen LogP contribution in [0.4, 0.5) is 0 Å². The standard InChI is InChI=1S/C17H15Cl6N3O2/c1-27-11-5-3-10(7-12(11)28-2)4-6-13-24-14(16(20,21)8-18)26-15(25-13)17(22,23)9-19/h3-7H,8-9H2,1-2H3/b6-4+. The summed E-state index contributed by atoms with van der Waals surface area (Å²) in [5.74, 6) is 1.12. The van der Waals surface area contributed by atoms with E-state index in [-0.39, 0.29) is 29.2 Å². The van der Waals surface area contributed by atoms with Gasteiger partial charge in [0.05, 0.1) is 26.0 Å². The van der Waals surface area contributed by atoms with Gasteiger partial charge in [-0.1, -0.05) is 58.5 Å². The highest BCUT2D eigenvalue weighted by molar-refractivity contribution is 6.51. The molecule has 0 saturated heterocycles. The van der Waals surface area contributed by atoms with Gasteiger partial charge >= 0.3 is 0 Å². The lowest BCUT2D eigenvalue weighted by Crippen LogP contribution is -2.24. The van der Waals surface area contributed by atoms with Crippen LogP contribution in [0.25, 0.3) is 12.2 Å². The topological polar surface area (TPSA) is 57.1 Å². The molecular formula is C17H15Cl6N3O2. The second-order valence-electron chi connectivity index (χ2n) is 5.46. The maximum atomic E-state index is 6.18. The fourth-order valence-electron chi connectivity index (χ4n) is 2.04. The van der Waals surface area contributed by atoms with Gasteiger partial charge in [0.15, 0.2) is 37.6 Å². The number of alkyl halides is 6. The minimum atomic E-state index is -1.55. The lowest BCUT2D eigenvalue weighted by Gasteiger charge is -2.19. The van der Waals surface area contributed by atoms with Crippen molar-refractivity contribution in [1.82, 2.24) is 15.0 Å². The maximum absolute atomic E-state index is 6.18. The van der Waals surface area contributed by atoms with Gasteiger partial charge in [-0.15, -0.1) is 23.2 Å². The Labute approximate surface area is 192 Å². The van der Waals surface area contributed by atoms with Crippen LogP contribution in [0.2, 0.25) is 0 Å². The van der Waals surface area contributed by atoms with Crippen molar-refractivity contribution in [2.45, 2.75) is 8.67 Å². The van der Waals surface area contributed by atoms with E-state index in [4.69, 9.17) is 79.1 Å². The third kappa shape index (κ3) is 5.68. The van der Waals surface area contributed by atoms with Gasteiger partial charge in [-0.05, 0) is 23.8 Å². The molecule has 0 atom stereocenters. The first-order chi connectivity index (χ1) is 13.2. The number of benzene rings is 1. The van der Waals surface area contributed by atoms with Crippen molar-refractivity contribution in [2.75, 3.05) is 26.0 Å². The van der Waals surface area contributed by atoms with Crippen LogP contribution in [-0.4, -0.2) is 40.9 Å². The number of aromatic nitrogens is 3. The van der Waals surface area contributed by atoms with Crippen LogP contribution in [0.5, 0.6) is 11.5 Å². The Kier molecular flexibility index (Phi) is 8.32. The lowest BCUT2D eigenvalue weighted by molar-refractivity contribution is 0.355. The molecule has 0 aliphatic rings. The molecule has 0 fully saturated rings. The second-order valence-corrected chi connectivity index (χ2v) is 8.97. The van der Waals surface area contributed by atoms with Crippen LogP contribution >= 0.6 is 69.6 Å². The van der Waals surface area contributed by atoms with Crippen molar-refractivity contribution in [1.29, 1.82) is 0 Å². The Hall–Kier alpha value is -0.690. The molecule has 152 valence electrons. The quantitative estimate of drug-likeness (QED) is 0.424. The Bertz CT molecular complexity index is 827. The monoisotopic (exact) mass is 503 g/mol. The summed E-state index contributed by atoms with van der Waals surface area (Å²) in [6, 6.07) is 5.39. The molecule has 0 amide bonds. The number of halogens is 6. The van der Waals surface area contributed by atoms with E-state index < -0.39 is 8.67 Å². The van der Waals surface area contributed by atoms with Gasteiger partial charge in [0.25, 0.3) is 0 Å². The molecule has 1 heterocycles. The lowest BCUT2D eigenvalue weighted by atomic mass is 10.2. The third-order valence-corrected chi connectivity index (χ3v) is 6.03. The van der Waals surface area contributed by atoms with Crippen molar-refractivity contribution >= 4 is 81.8 Å². The van der Waals surface area contributed by atoms with E-state index in [1.165, 1.54) is 0 Å². The van der Waals surface area contributed by atoms with Gasteiger partial charge in [0.2, 0.25) is 0 Å². The average Bonchev–Trinajstić information content (AvgIpc) is 2.71. The normalized spacial score (nSPS) is 12.4. The largest absolute Gasteiger partial charge is 0.493 e. The number of rotatable bonds is 8. The van der Waals surface area contributed by atoms with E-state index >= 15 is 0 Å². The molecule has 0 aliphatic heterocycles. The fourth-order valence-corrected chi connectivity index (χ4v) is 2.62. The molecular weight excluding hydrogens is 491 g/mol. The molecule has 5 nitrogen and oxygen atoms in total. The zero-order valence-electron chi connectivity index (χ0n) is 14.7. The summed E-state index contributed by atoms with van der Waals surface area (Å²) in [4.78, 5) is 12.6. The predicted octanol–water partition coefficient (Wildman–Crippen LogP) is 5.80. The van der Waals surface area contributed by atoms with Crippen LogP contribution in [0.1, 0.15) is 23.0 Å². The summed E-state index contributed by atoms with van der Waals surface area (Å²) >= 11 is 36.4. The molecule has 1 aromatic carbocycles. The molecule has 2 rings (SSSR count). The fraction of sp³-hybridized carbons (Fsp3) is 0.353. The minimum Gasteiger partial charge on any atom is -0.493 e. The highest BCUT2D eigenvalue weighted by Crippen LogP contribution is 2.37. The van der Waals surface area contributed by atoms with E-state index in [0.717, 1.165) is 5.56 Å². The van der Waals surface area contributed by atoms with E-state index in [9.17, 15) is 0 Å². The van der Waals surface area contributed by atoms with E-state index in [2.05, 4.69) is 15.0 Å². The molecule has 2 aromatic rings. The summed E-state index contributed by atoms with van der Waals surface area (Å²) < 4.78 is 7.40. The van der Waals surface area contributed by atoms with Crippen molar-refractivity contribution in [2.24, 2.45) is 0 Å². The Morgan fingerprint density at radius 1 is 0.821 bits per heavy atom. The third-order valence-electron chi connectivity index (χ3n) is 3.48. The molecule has 28 heavy (non-hydrogen) atoms. The summed E-state index contributed by atoms with van der Waals surface area (Å²) in [6.45, 7) is 0. The number of nitrogens with zero attached hydrogens (tertiary/aromatic N) is 3. The first-order valence-electron chi connectivity index (χ1n) is 7.71. The smallest absolute Gasteiger partial charge is 0.190 e. The SMILES string of the molecule is COc1ccc(/C=C/c2nc(C(Cl)(Cl)CCl)nc(C(Cl)(Cl)CCl)n2)cc1OC. The summed E-state index contributed by atoms with van der Waals surface area (Å²) in [6.07, 6.45) is 3.37. The van der Waals surface area contributed by atoms with Crippen LogP contribution in [0.15, 0.2) is 18.2 Å². The molecule has 0 unspecified atom stereocenters. The van der Waals surface area contributed by atoms with Crippen molar-refractivity contribution in [3.05, 3.63) is 41.2 Å². The van der Waals surface area contributed by atoms with E-state index in [1.807, 2.05) is 6.07 Å². The van der Waals surface area contributed by atoms with Crippen molar-refractivity contribution < 1.29 is 9.47 Å². The molecule has 0 radical (unpaired) electrons. The number of hydrogen-bond acceptors (Lipinski definition) is 5. The van der Waals surface area contributed by atoms with Crippen molar-refractivity contribution in [3.8, 4) is 11.5 Å². The summed E-state index contributed by atoms with van der Waals surface area (Å²) in [7, 11) is 3.11. The highest BCUT2D eigenvalue weighted by atomic mass is 35.5. The van der Waals surface area contributed by atoms with Gasteiger partial charge in [0, 0.05) is 0 Å². The molecule has 0 spiro atoms. The molecule has 0 saturated carbocycles. The van der Waals surface area contributed by atoms with Gasteiger partial charge in [-0.2, -0.15) is 0 Å². The molecule has 0 aliphatic carbocycles. The van der Waals surface area contributed by atoms with Gasteiger partial charge in [-0.25, -0.2) is 15.0 Å². The van der Waals surface area contributed by atoms with Crippen LogP contribution in [-0.2, 0) is 8.67 Å². The summed E-state index contributed by atoms with van der Waals surface area (Å²) in [5.41, 5.74) is 0.807. The van der Waals surface area contributed by atoms with E-state index in [0.29, 0.717) is 11.5 Å². The van der Waals surface area contributed by atoms with Gasteiger partial charge in [-0.3, -0.25) is 0 Å². The minimum absolute atomic E-state index is 0.0126. The van der Waals surface area contributed by atoms with Crippen LogP contribution in [0, 0.1) is 0 Å². The Morgan fingerprint density at radius 3 is 1.82 bits per heavy atom. The average molecular weight is 506 g/mol. The molecule has 0 bridgehead atoms. The molecule has 1 aromatic heterocycles. The molecule has 0 N–H and O–H groups in total. The van der Waals surface area contributed by atoms with Gasteiger partial charge in [0.1, 0.15) is 0 Å². The Balaban J connectivity index is 2.48. The van der Waals surface area contributed by atoms with Crippen LogP contribution < -0.4 is 9.47 Å². The van der Waals surface area contributed by atoms with Gasteiger partial charge < -0.3 is 9.47 Å². The maximum Gasteiger partial charge on any atom is 0.190 e. The second kappa shape index (κ2) is 9.88. The van der Waals surface area contributed by atoms with E-state index in [1.54, 1.807) is 38.5 Å².